The van der Waals surface area contributed by atoms with Gasteiger partial charge >= 0.3 is 0 Å². The van der Waals surface area contributed by atoms with Gasteiger partial charge in [-0.1, -0.05) is 23.2 Å². The summed E-state index contributed by atoms with van der Waals surface area (Å²) in [4.78, 5) is 24.9. The lowest BCUT2D eigenvalue weighted by Gasteiger charge is -2.18. The number of hydrogen-bond acceptors (Lipinski definition) is 2. The molecule has 22 heavy (non-hydrogen) atoms. The van der Waals surface area contributed by atoms with Crippen molar-refractivity contribution in [2.45, 2.75) is 6.92 Å². The van der Waals surface area contributed by atoms with Gasteiger partial charge < -0.3 is 10.2 Å². The van der Waals surface area contributed by atoms with Crippen molar-refractivity contribution >= 4 is 46.4 Å². The van der Waals surface area contributed by atoms with Crippen LogP contribution in [0.5, 0.6) is 0 Å². The number of amides is 2. The molecule has 0 radical (unpaired) electrons. The van der Waals surface area contributed by atoms with E-state index in [1.807, 2.05) is 0 Å². The van der Waals surface area contributed by atoms with Crippen LogP contribution >= 0.6 is 23.2 Å². The Morgan fingerprint density at radius 1 is 1.00 bits per heavy atom. The molecule has 0 unspecified atom stereocenters. The van der Waals surface area contributed by atoms with Crippen molar-refractivity contribution in [3.63, 3.8) is 0 Å². The molecule has 0 saturated carbocycles. The lowest BCUT2D eigenvalue weighted by atomic mass is 10.2. The number of carbonyl (C=O) groups excluding carboxylic acids is 2. The Morgan fingerprint density at radius 2 is 1.64 bits per heavy atom. The van der Waals surface area contributed by atoms with Gasteiger partial charge in [-0.2, -0.15) is 0 Å². The van der Waals surface area contributed by atoms with E-state index in [9.17, 15) is 9.59 Å². The van der Waals surface area contributed by atoms with E-state index in [1.165, 1.54) is 17.9 Å². The van der Waals surface area contributed by atoms with Crippen molar-refractivity contribution in [3.05, 3.63) is 58.1 Å². The maximum atomic E-state index is 12.4. The smallest absolute Gasteiger partial charge is 0.258 e. The number of nitrogens with one attached hydrogen (secondary N) is 1. The minimum absolute atomic E-state index is 0.145. The minimum Gasteiger partial charge on any atom is -0.326 e. The van der Waals surface area contributed by atoms with Gasteiger partial charge in [-0.05, 0) is 42.5 Å². The van der Waals surface area contributed by atoms with Crippen LogP contribution in [0, 0.1) is 0 Å². The maximum absolute atomic E-state index is 12.4. The van der Waals surface area contributed by atoms with Crippen LogP contribution in [0.15, 0.2) is 42.5 Å². The molecule has 2 amide bonds. The van der Waals surface area contributed by atoms with E-state index in [1.54, 1.807) is 43.4 Å². The van der Waals surface area contributed by atoms with Gasteiger partial charge in [0.1, 0.15) is 0 Å². The van der Waals surface area contributed by atoms with Crippen molar-refractivity contribution in [3.8, 4) is 0 Å². The molecule has 1 N–H and O–H groups in total. The molecule has 0 aromatic heterocycles. The van der Waals surface area contributed by atoms with E-state index >= 15 is 0 Å². The first kappa shape index (κ1) is 16.3. The summed E-state index contributed by atoms with van der Waals surface area (Å²) >= 11 is 11.8. The molecule has 2 aromatic rings. The Labute approximate surface area is 138 Å². The summed E-state index contributed by atoms with van der Waals surface area (Å²) in [5.74, 6) is -0.348. The second kappa shape index (κ2) is 6.81. The first-order valence-electron chi connectivity index (χ1n) is 6.49. The Balaban J connectivity index is 2.19. The van der Waals surface area contributed by atoms with Crippen molar-refractivity contribution in [2.75, 3.05) is 17.3 Å². The molecule has 0 aliphatic carbocycles. The van der Waals surface area contributed by atoms with E-state index < -0.39 is 0 Å². The average molecular weight is 337 g/mol. The quantitative estimate of drug-likeness (QED) is 0.911. The Bertz CT molecular complexity index is 715. The third-order valence-corrected chi connectivity index (χ3v) is 3.79. The highest BCUT2D eigenvalue weighted by Gasteiger charge is 2.14. The van der Waals surface area contributed by atoms with Gasteiger partial charge in [0, 0.05) is 30.9 Å². The number of benzene rings is 2. The summed E-state index contributed by atoms with van der Waals surface area (Å²) in [6.45, 7) is 1.44. The molecule has 0 spiro atoms. The second-order valence-electron chi connectivity index (χ2n) is 4.72. The number of carbonyl (C=O) groups is 2. The van der Waals surface area contributed by atoms with Gasteiger partial charge in [0.2, 0.25) is 5.91 Å². The monoisotopic (exact) mass is 336 g/mol. The second-order valence-corrected chi connectivity index (χ2v) is 5.54. The zero-order valence-electron chi connectivity index (χ0n) is 12.1. The fraction of sp³-hybridized carbons (Fsp3) is 0.125. The van der Waals surface area contributed by atoms with Crippen molar-refractivity contribution in [2.24, 2.45) is 0 Å². The first-order valence-corrected chi connectivity index (χ1v) is 7.25. The maximum Gasteiger partial charge on any atom is 0.258 e. The standard InChI is InChI=1S/C16H14Cl2N2O2/c1-10(21)19-12-4-6-13(7-5-12)20(2)16(22)11-3-8-14(17)15(18)9-11/h3-9H,1-2H3,(H,19,21). The molecule has 0 atom stereocenters. The van der Waals surface area contributed by atoms with Gasteiger partial charge in [-0.25, -0.2) is 0 Å². The molecular weight excluding hydrogens is 323 g/mol. The van der Waals surface area contributed by atoms with Crippen LogP contribution in [-0.4, -0.2) is 18.9 Å². The summed E-state index contributed by atoms with van der Waals surface area (Å²) in [7, 11) is 1.66. The van der Waals surface area contributed by atoms with Gasteiger partial charge in [0.25, 0.3) is 5.91 Å². The molecule has 2 rings (SSSR count). The highest BCUT2D eigenvalue weighted by Crippen LogP contribution is 2.24. The summed E-state index contributed by atoms with van der Waals surface area (Å²) in [6, 6.07) is 11.7. The fourth-order valence-corrected chi connectivity index (χ4v) is 2.21. The Kier molecular flexibility index (Phi) is 5.06. The number of halogens is 2. The average Bonchev–Trinajstić information content (AvgIpc) is 2.49. The van der Waals surface area contributed by atoms with Crippen LogP contribution in [0.2, 0.25) is 10.0 Å². The topological polar surface area (TPSA) is 49.4 Å². The molecular formula is C16H14Cl2N2O2. The molecule has 4 nitrogen and oxygen atoms in total. The minimum atomic E-state index is -0.203. The zero-order valence-corrected chi connectivity index (χ0v) is 13.6. The molecule has 2 aromatic carbocycles. The molecule has 6 heteroatoms. The van der Waals surface area contributed by atoms with Gasteiger partial charge in [-0.3, -0.25) is 9.59 Å². The molecule has 0 fully saturated rings. The van der Waals surface area contributed by atoms with Crippen LogP contribution in [0.25, 0.3) is 0 Å². The Morgan fingerprint density at radius 3 is 2.18 bits per heavy atom. The molecule has 114 valence electrons. The van der Waals surface area contributed by atoms with Crippen molar-refractivity contribution in [1.29, 1.82) is 0 Å². The first-order chi connectivity index (χ1) is 10.4. The number of rotatable bonds is 3. The summed E-state index contributed by atoms with van der Waals surface area (Å²) in [5, 5.41) is 3.41. The van der Waals surface area contributed by atoms with E-state index in [-0.39, 0.29) is 11.8 Å². The molecule has 0 aliphatic rings. The molecule has 0 bridgehead atoms. The van der Waals surface area contributed by atoms with E-state index in [0.29, 0.717) is 27.0 Å². The predicted octanol–water partition coefficient (Wildman–Crippen LogP) is 4.23. The third kappa shape index (κ3) is 3.78. The van der Waals surface area contributed by atoms with Crippen molar-refractivity contribution in [1.82, 2.24) is 0 Å². The summed E-state index contributed by atoms with van der Waals surface area (Å²) in [5.41, 5.74) is 1.82. The van der Waals surface area contributed by atoms with Gasteiger partial charge in [-0.15, -0.1) is 0 Å². The SMILES string of the molecule is CC(=O)Nc1ccc(N(C)C(=O)c2ccc(Cl)c(Cl)c2)cc1. The van der Waals surface area contributed by atoms with Crippen LogP contribution in [-0.2, 0) is 4.79 Å². The van der Waals surface area contributed by atoms with Crippen LogP contribution < -0.4 is 10.2 Å². The molecule has 0 heterocycles. The highest BCUT2D eigenvalue weighted by atomic mass is 35.5. The number of anilines is 2. The highest BCUT2D eigenvalue weighted by molar-refractivity contribution is 6.42. The van der Waals surface area contributed by atoms with Gasteiger partial charge in [0.05, 0.1) is 10.0 Å². The normalized spacial score (nSPS) is 10.2. The summed E-state index contributed by atoms with van der Waals surface area (Å²) in [6.07, 6.45) is 0. The Hall–Kier alpha value is -2.04. The van der Waals surface area contributed by atoms with Crippen LogP contribution in [0.1, 0.15) is 17.3 Å². The summed E-state index contributed by atoms with van der Waals surface area (Å²) < 4.78 is 0. The third-order valence-electron chi connectivity index (χ3n) is 3.05. The van der Waals surface area contributed by atoms with Crippen molar-refractivity contribution < 1.29 is 9.59 Å². The van der Waals surface area contributed by atoms with E-state index in [0.717, 1.165) is 0 Å². The lowest BCUT2D eigenvalue weighted by molar-refractivity contribution is -0.114. The number of nitrogens with zero attached hydrogens (tertiary/aromatic N) is 1. The predicted molar refractivity (Wildman–Crippen MR) is 89.9 cm³/mol. The largest absolute Gasteiger partial charge is 0.326 e. The lowest BCUT2D eigenvalue weighted by Crippen LogP contribution is -2.26. The fourth-order valence-electron chi connectivity index (χ4n) is 1.91. The molecule has 0 saturated heterocycles. The van der Waals surface area contributed by atoms with Gasteiger partial charge in [0.15, 0.2) is 0 Å². The number of hydrogen-bond donors (Lipinski definition) is 1. The van der Waals surface area contributed by atoms with Crippen LogP contribution in [0.3, 0.4) is 0 Å². The van der Waals surface area contributed by atoms with Crippen LogP contribution in [0.4, 0.5) is 11.4 Å². The van der Waals surface area contributed by atoms with E-state index in [4.69, 9.17) is 23.2 Å². The molecule has 0 aliphatic heterocycles. The zero-order chi connectivity index (χ0) is 16.3. The van der Waals surface area contributed by atoms with E-state index in [2.05, 4.69) is 5.32 Å².